The third-order valence-corrected chi connectivity index (χ3v) is 2.27. The molecule has 0 aliphatic heterocycles. The first-order valence-electron chi connectivity index (χ1n) is 4.86. The zero-order valence-electron chi connectivity index (χ0n) is 9.43. The van der Waals surface area contributed by atoms with Crippen LogP contribution in [0.2, 0.25) is 0 Å². The van der Waals surface area contributed by atoms with Gasteiger partial charge in [0, 0.05) is 25.5 Å². The topological polar surface area (TPSA) is 47.4 Å². The first kappa shape index (κ1) is 11.7. The molecule has 5 heteroatoms. The van der Waals surface area contributed by atoms with E-state index in [9.17, 15) is 4.79 Å². The van der Waals surface area contributed by atoms with Gasteiger partial charge in [-0.2, -0.15) is 0 Å². The number of imidazole rings is 1. The minimum absolute atomic E-state index is 0.208. The zero-order chi connectivity index (χ0) is 11.3. The summed E-state index contributed by atoms with van der Waals surface area (Å²) in [6.07, 6.45) is 3.71. The van der Waals surface area contributed by atoms with Crippen LogP contribution in [0.4, 0.5) is 0 Å². The predicted molar refractivity (Wildman–Crippen MR) is 56.5 cm³/mol. The zero-order valence-corrected chi connectivity index (χ0v) is 9.43. The number of rotatable bonds is 5. The van der Waals surface area contributed by atoms with Crippen LogP contribution in [0.15, 0.2) is 12.4 Å². The van der Waals surface area contributed by atoms with Gasteiger partial charge in [0.05, 0.1) is 13.7 Å². The molecule has 0 unspecified atom stereocenters. The Morgan fingerprint density at radius 1 is 1.67 bits per heavy atom. The van der Waals surface area contributed by atoms with Gasteiger partial charge in [-0.25, -0.2) is 4.98 Å². The lowest BCUT2D eigenvalue weighted by Gasteiger charge is -2.15. The molecule has 15 heavy (non-hydrogen) atoms. The maximum Gasteiger partial charge on any atom is 0.319 e. The highest BCUT2D eigenvalue weighted by molar-refractivity contribution is 5.71. The summed E-state index contributed by atoms with van der Waals surface area (Å²) in [7, 11) is 3.29. The Morgan fingerprint density at radius 2 is 2.40 bits per heavy atom. The molecule has 1 rings (SSSR count). The van der Waals surface area contributed by atoms with Crippen LogP contribution in [0.3, 0.4) is 0 Å². The average molecular weight is 211 g/mol. The molecule has 0 amide bonds. The van der Waals surface area contributed by atoms with E-state index < -0.39 is 0 Å². The first-order valence-corrected chi connectivity index (χ1v) is 4.86. The molecule has 0 N–H and O–H groups in total. The Balaban J connectivity index is 2.31. The molecule has 0 aliphatic carbocycles. The summed E-state index contributed by atoms with van der Waals surface area (Å²) in [4.78, 5) is 17.0. The average Bonchev–Trinajstić information content (AvgIpc) is 2.61. The van der Waals surface area contributed by atoms with Gasteiger partial charge in [-0.1, -0.05) is 0 Å². The number of hydrogen-bond donors (Lipinski definition) is 0. The van der Waals surface area contributed by atoms with E-state index in [1.165, 1.54) is 7.11 Å². The molecule has 84 valence electrons. The Bertz CT molecular complexity index is 322. The molecule has 0 bridgehead atoms. The summed E-state index contributed by atoms with van der Waals surface area (Å²) in [6.45, 7) is 3.91. The third kappa shape index (κ3) is 3.71. The molecule has 0 aliphatic rings. The van der Waals surface area contributed by atoms with Gasteiger partial charge in [-0.15, -0.1) is 0 Å². The highest BCUT2D eigenvalue weighted by Gasteiger charge is 2.06. The molecule has 0 saturated carbocycles. The second-order valence-corrected chi connectivity index (χ2v) is 3.48. The van der Waals surface area contributed by atoms with E-state index in [0.29, 0.717) is 6.54 Å². The van der Waals surface area contributed by atoms with Crippen molar-refractivity contribution in [3.8, 4) is 0 Å². The van der Waals surface area contributed by atoms with Gasteiger partial charge in [-0.3, -0.25) is 9.69 Å². The molecular weight excluding hydrogens is 194 g/mol. The van der Waals surface area contributed by atoms with Crippen molar-refractivity contribution in [3.05, 3.63) is 18.2 Å². The predicted octanol–water partition coefficient (Wildman–Crippen LogP) is 0.296. The normalized spacial score (nSPS) is 10.7. The van der Waals surface area contributed by atoms with Gasteiger partial charge in [0.1, 0.15) is 5.82 Å². The lowest BCUT2D eigenvalue weighted by Crippen LogP contribution is -2.29. The Labute approximate surface area is 89.7 Å². The number of carbonyl (C=O) groups is 1. The lowest BCUT2D eigenvalue weighted by molar-refractivity contribution is -0.141. The number of ether oxygens (including phenoxy) is 1. The first-order chi connectivity index (χ1) is 7.13. The van der Waals surface area contributed by atoms with Crippen LogP contribution in [0.25, 0.3) is 0 Å². The summed E-state index contributed by atoms with van der Waals surface area (Å²) in [6, 6.07) is 0. The van der Waals surface area contributed by atoms with Crippen LogP contribution in [0.5, 0.6) is 0 Å². The van der Waals surface area contributed by atoms with Crippen molar-refractivity contribution in [1.29, 1.82) is 0 Å². The van der Waals surface area contributed by atoms with Crippen LogP contribution in [0.1, 0.15) is 5.82 Å². The Morgan fingerprint density at radius 3 is 2.93 bits per heavy atom. The number of aryl methyl sites for hydroxylation is 1. The fraction of sp³-hybridized carbons (Fsp3) is 0.600. The molecule has 1 aromatic rings. The van der Waals surface area contributed by atoms with Crippen molar-refractivity contribution >= 4 is 5.97 Å². The molecule has 5 nitrogen and oxygen atoms in total. The van der Waals surface area contributed by atoms with Crippen LogP contribution < -0.4 is 0 Å². The molecule has 0 radical (unpaired) electrons. The highest BCUT2D eigenvalue weighted by Crippen LogP contribution is 1.95. The number of hydrogen-bond acceptors (Lipinski definition) is 4. The number of carbonyl (C=O) groups excluding carboxylic acids is 1. The van der Waals surface area contributed by atoms with E-state index in [1.54, 1.807) is 6.20 Å². The fourth-order valence-electron chi connectivity index (χ4n) is 1.28. The molecule has 0 saturated heterocycles. The largest absolute Gasteiger partial charge is 0.468 e. The molecule has 0 spiro atoms. The van der Waals surface area contributed by atoms with Crippen molar-refractivity contribution < 1.29 is 9.53 Å². The van der Waals surface area contributed by atoms with E-state index in [-0.39, 0.29) is 5.97 Å². The molecular formula is C10H17N3O2. The highest BCUT2D eigenvalue weighted by atomic mass is 16.5. The monoisotopic (exact) mass is 211 g/mol. The van der Waals surface area contributed by atoms with E-state index in [1.807, 2.05) is 29.6 Å². The van der Waals surface area contributed by atoms with E-state index >= 15 is 0 Å². The molecule has 0 fully saturated rings. The standard InChI is InChI=1S/C10H17N3O2/c1-9-11-4-5-13(9)7-6-12(2)8-10(14)15-3/h4-5H,6-8H2,1-3H3. The van der Waals surface area contributed by atoms with Crippen molar-refractivity contribution in [2.45, 2.75) is 13.5 Å². The van der Waals surface area contributed by atoms with E-state index in [4.69, 9.17) is 0 Å². The third-order valence-electron chi connectivity index (χ3n) is 2.27. The smallest absolute Gasteiger partial charge is 0.319 e. The van der Waals surface area contributed by atoms with Gasteiger partial charge in [0.15, 0.2) is 0 Å². The quantitative estimate of drug-likeness (QED) is 0.657. The van der Waals surface area contributed by atoms with Crippen LogP contribution in [0, 0.1) is 6.92 Å². The second-order valence-electron chi connectivity index (χ2n) is 3.48. The van der Waals surface area contributed by atoms with Gasteiger partial charge in [0.25, 0.3) is 0 Å². The lowest BCUT2D eigenvalue weighted by atomic mass is 10.5. The fourth-order valence-corrected chi connectivity index (χ4v) is 1.28. The van der Waals surface area contributed by atoms with Crippen molar-refractivity contribution in [2.75, 3.05) is 27.2 Å². The summed E-state index contributed by atoms with van der Waals surface area (Å²) in [5.74, 6) is 0.779. The minimum atomic E-state index is -0.208. The number of aromatic nitrogens is 2. The summed E-state index contributed by atoms with van der Waals surface area (Å²) in [5.41, 5.74) is 0. The van der Waals surface area contributed by atoms with Crippen LogP contribution in [-0.2, 0) is 16.1 Å². The van der Waals surface area contributed by atoms with Gasteiger partial charge < -0.3 is 9.30 Å². The van der Waals surface area contributed by atoms with E-state index in [0.717, 1.165) is 18.9 Å². The maximum absolute atomic E-state index is 11.0. The van der Waals surface area contributed by atoms with Gasteiger partial charge in [-0.05, 0) is 14.0 Å². The number of esters is 1. The van der Waals surface area contributed by atoms with Crippen LogP contribution >= 0.6 is 0 Å². The Hall–Kier alpha value is -1.36. The molecule has 0 atom stereocenters. The molecule has 1 heterocycles. The SMILES string of the molecule is COC(=O)CN(C)CCn1ccnc1C. The van der Waals surface area contributed by atoms with Crippen molar-refractivity contribution in [3.63, 3.8) is 0 Å². The molecule has 0 aromatic carbocycles. The minimum Gasteiger partial charge on any atom is -0.468 e. The Kier molecular flexibility index (Phi) is 4.30. The number of nitrogens with zero attached hydrogens (tertiary/aromatic N) is 3. The number of methoxy groups -OCH3 is 1. The number of likely N-dealkylation sites (N-methyl/N-ethyl adjacent to an activating group) is 1. The van der Waals surface area contributed by atoms with Crippen molar-refractivity contribution in [2.24, 2.45) is 0 Å². The van der Waals surface area contributed by atoms with Gasteiger partial charge >= 0.3 is 5.97 Å². The van der Waals surface area contributed by atoms with Crippen LogP contribution in [-0.4, -0.2) is 47.7 Å². The molecule has 1 aromatic heterocycles. The second kappa shape index (κ2) is 5.50. The summed E-state index contributed by atoms with van der Waals surface area (Å²) >= 11 is 0. The van der Waals surface area contributed by atoms with E-state index in [2.05, 4.69) is 9.72 Å². The summed E-state index contributed by atoms with van der Waals surface area (Å²) < 4.78 is 6.63. The van der Waals surface area contributed by atoms with Gasteiger partial charge in [0.2, 0.25) is 0 Å². The summed E-state index contributed by atoms with van der Waals surface area (Å²) in [5, 5.41) is 0. The van der Waals surface area contributed by atoms with Crippen molar-refractivity contribution in [1.82, 2.24) is 14.5 Å². The maximum atomic E-state index is 11.0.